The minimum Gasteiger partial charge on any atom is -0.351 e. The van der Waals surface area contributed by atoms with Gasteiger partial charge in [0, 0.05) is 24.9 Å². The van der Waals surface area contributed by atoms with Crippen LogP contribution in [0.3, 0.4) is 0 Å². The predicted octanol–water partition coefficient (Wildman–Crippen LogP) is 3.11. The van der Waals surface area contributed by atoms with Gasteiger partial charge in [-0.1, -0.05) is 36.4 Å². The molecule has 3 aromatic rings. The minimum atomic E-state index is -3.20. The van der Waals surface area contributed by atoms with Gasteiger partial charge in [-0.2, -0.15) is 0 Å². The number of fused-ring (bicyclic) bond motifs is 1. The van der Waals surface area contributed by atoms with E-state index in [1.54, 1.807) is 36.7 Å². The molecule has 0 fully saturated rings. The summed E-state index contributed by atoms with van der Waals surface area (Å²) < 4.78 is 23.2. The Morgan fingerprint density at radius 3 is 2.42 bits per heavy atom. The highest BCUT2D eigenvalue weighted by molar-refractivity contribution is 7.90. The van der Waals surface area contributed by atoms with Crippen LogP contribution >= 0.6 is 0 Å². The molecule has 0 saturated heterocycles. The van der Waals surface area contributed by atoms with Crippen molar-refractivity contribution in [3.63, 3.8) is 0 Å². The first-order chi connectivity index (χ1) is 12.5. The third-order valence-corrected chi connectivity index (χ3v) is 5.78. The van der Waals surface area contributed by atoms with E-state index in [2.05, 4.69) is 34.1 Å². The van der Waals surface area contributed by atoms with Crippen molar-refractivity contribution >= 4 is 15.7 Å². The van der Waals surface area contributed by atoms with Crippen molar-refractivity contribution in [1.82, 2.24) is 9.97 Å². The van der Waals surface area contributed by atoms with Crippen molar-refractivity contribution in [3.8, 4) is 11.3 Å². The van der Waals surface area contributed by atoms with Gasteiger partial charge in [0.05, 0.1) is 23.0 Å². The predicted molar refractivity (Wildman–Crippen MR) is 102 cm³/mol. The van der Waals surface area contributed by atoms with Crippen LogP contribution in [0.2, 0.25) is 0 Å². The van der Waals surface area contributed by atoms with Crippen LogP contribution < -0.4 is 4.90 Å². The summed E-state index contributed by atoms with van der Waals surface area (Å²) in [5.74, 6) is 0.837. The maximum Gasteiger partial charge on any atom is 0.175 e. The third-order valence-electron chi connectivity index (χ3n) is 4.65. The van der Waals surface area contributed by atoms with Gasteiger partial charge in [0.25, 0.3) is 0 Å². The Kier molecular flexibility index (Phi) is 4.20. The second-order valence-electron chi connectivity index (χ2n) is 6.50. The van der Waals surface area contributed by atoms with Crippen molar-refractivity contribution < 1.29 is 8.42 Å². The van der Waals surface area contributed by atoms with Crippen molar-refractivity contribution in [2.75, 3.05) is 17.7 Å². The molecular weight excluding hydrogens is 346 g/mol. The quantitative estimate of drug-likeness (QED) is 0.714. The minimum absolute atomic E-state index is 0.304. The molecule has 1 aromatic heterocycles. The normalized spacial score (nSPS) is 14.1. The fraction of sp³-hybridized carbons (Fsp3) is 0.200. The van der Waals surface area contributed by atoms with Crippen LogP contribution in [0.1, 0.15) is 11.1 Å². The lowest BCUT2D eigenvalue weighted by atomic mass is 10.00. The summed E-state index contributed by atoms with van der Waals surface area (Å²) in [6.07, 6.45) is 5.68. The van der Waals surface area contributed by atoms with Crippen LogP contribution in [0.15, 0.2) is 65.8 Å². The van der Waals surface area contributed by atoms with E-state index in [-0.39, 0.29) is 0 Å². The molecule has 132 valence electrons. The summed E-state index contributed by atoms with van der Waals surface area (Å²) in [4.78, 5) is 11.6. The molecule has 0 bridgehead atoms. The summed E-state index contributed by atoms with van der Waals surface area (Å²) in [7, 11) is -3.20. The molecule has 0 aliphatic carbocycles. The van der Waals surface area contributed by atoms with Gasteiger partial charge in [0.1, 0.15) is 5.82 Å². The van der Waals surface area contributed by atoms with Gasteiger partial charge >= 0.3 is 0 Å². The van der Waals surface area contributed by atoms with Crippen LogP contribution in [-0.4, -0.2) is 31.2 Å². The van der Waals surface area contributed by atoms with E-state index in [0.717, 1.165) is 36.6 Å². The lowest BCUT2D eigenvalue weighted by molar-refractivity contribution is 0.602. The summed E-state index contributed by atoms with van der Waals surface area (Å²) in [5, 5.41) is 0. The number of sulfone groups is 1. The summed E-state index contributed by atoms with van der Waals surface area (Å²) >= 11 is 0. The fourth-order valence-electron chi connectivity index (χ4n) is 3.21. The highest BCUT2D eigenvalue weighted by Gasteiger charge is 2.18. The van der Waals surface area contributed by atoms with E-state index in [1.165, 1.54) is 17.4 Å². The number of benzene rings is 2. The monoisotopic (exact) mass is 365 g/mol. The zero-order chi connectivity index (χ0) is 18.1. The molecule has 0 saturated carbocycles. The topological polar surface area (TPSA) is 63.2 Å². The fourth-order valence-corrected chi connectivity index (χ4v) is 3.84. The van der Waals surface area contributed by atoms with Crippen molar-refractivity contribution in [3.05, 3.63) is 72.1 Å². The molecule has 5 nitrogen and oxygen atoms in total. The lowest BCUT2D eigenvalue weighted by Crippen LogP contribution is -2.31. The van der Waals surface area contributed by atoms with Gasteiger partial charge in [-0.05, 0) is 29.7 Å². The molecule has 26 heavy (non-hydrogen) atoms. The molecule has 0 unspecified atom stereocenters. The molecule has 1 aliphatic rings. The Bertz CT molecular complexity index is 1050. The molecule has 1 aliphatic heterocycles. The number of anilines is 1. The van der Waals surface area contributed by atoms with E-state index in [0.29, 0.717) is 4.90 Å². The SMILES string of the molecule is CS(=O)(=O)c1ccc(-c2cncc(N3CCc4ccccc4C3)n2)cc1. The second kappa shape index (κ2) is 6.53. The molecule has 0 amide bonds. The highest BCUT2D eigenvalue weighted by Crippen LogP contribution is 2.25. The van der Waals surface area contributed by atoms with Gasteiger partial charge in [0.15, 0.2) is 9.84 Å². The van der Waals surface area contributed by atoms with Crippen molar-refractivity contribution in [1.29, 1.82) is 0 Å². The second-order valence-corrected chi connectivity index (χ2v) is 8.52. The molecular formula is C20H19N3O2S. The van der Waals surface area contributed by atoms with Crippen LogP contribution in [0, 0.1) is 0 Å². The molecule has 0 spiro atoms. The average Bonchev–Trinajstić information content (AvgIpc) is 2.67. The van der Waals surface area contributed by atoms with Crippen LogP contribution in [-0.2, 0) is 22.8 Å². The van der Waals surface area contributed by atoms with E-state index in [9.17, 15) is 8.42 Å². The zero-order valence-corrected chi connectivity index (χ0v) is 15.3. The Morgan fingerprint density at radius 1 is 0.962 bits per heavy atom. The number of rotatable bonds is 3. The van der Waals surface area contributed by atoms with Crippen LogP contribution in [0.25, 0.3) is 11.3 Å². The molecule has 0 N–H and O–H groups in total. The molecule has 0 atom stereocenters. The Hall–Kier alpha value is -2.73. The van der Waals surface area contributed by atoms with E-state index >= 15 is 0 Å². The third kappa shape index (κ3) is 3.32. The summed E-state index contributed by atoms with van der Waals surface area (Å²) in [5.41, 5.74) is 4.30. The maximum absolute atomic E-state index is 11.6. The van der Waals surface area contributed by atoms with Crippen molar-refractivity contribution in [2.24, 2.45) is 0 Å². The number of hydrogen-bond acceptors (Lipinski definition) is 5. The Labute approximate surface area is 153 Å². The van der Waals surface area contributed by atoms with Crippen molar-refractivity contribution in [2.45, 2.75) is 17.9 Å². The molecule has 2 aromatic carbocycles. The molecule has 2 heterocycles. The maximum atomic E-state index is 11.6. The van der Waals surface area contributed by atoms with Gasteiger partial charge < -0.3 is 4.90 Å². The highest BCUT2D eigenvalue weighted by atomic mass is 32.2. The summed E-state index contributed by atoms with van der Waals surface area (Å²) in [6, 6.07) is 15.2. The number of nitrogens with zero attached hydrogens (tertiary/aromatic N) is 3. The first kappa shape index (κ1) is 16.7. The molecule has 4 rings (SSSR count). The lowest BCUT2D eigenvalue weighted by Gasteiger charge is -2.29. The Morgan fingerprint density at radius 2 is 1.69 bits per heavy atom. The summed E-state index contributed by atoms with van der Waals surface area (Å²) in [6.45, 7) is 1.73. The van der Waals surface area contributed by atoms with Gasteiger partial charge in [-0.15, -0.1) is 0 Å². The zero-order valence-electron chi connectivity index (χ0n) is 14.5. The van der Waals surface area contributed by atoms with E-state index < -0.39 is 9.84 Å². The van der Waals surface area contributed by atoms with E-state index in [1.807, 2.05) is 0 Å². The smallest absolute Gasteiger partial charge is 0.175 e. The average molecular weight is 365 g/mol. The Balaban J connectivity index is 1.61. The van der Waals surface area contributed by atoms with Crippen LogP contribution in [0.5, 0.6) is 0 Å². The molecule has 6 heteroatoms. The van der Waals surface area contributed by atoms with E-state index in [4.69, 9.17) is 4.98 Å². The first-order valence-corrected chi connectivity index (χ1v) is 10.3. The number of hydrogen-bond donors (Lipinski definition) is 0. The first-order valence-electron chi connectivity index (χ1n) is 8.45. The van der Waals surface area contributed by atoms with Crippen LogP contribution in [0.4, 0.5) is 5.82 Å². The van der Waals surface area contributed by atoms with Gasteiger partial charge in [-0.3, -0.25) is 4.98 Å². The van der Waals surface area contributed by atoms with Gasteiger partial charge in [0.2, 0.25) is 0 Å². The van der Waals surface area contributed by atoms with Gasteiger partial charge in [-0.25, -0.2) is 13.4 Å². The standard InChI is InChI=1S/C20H19N3O2S/c1-26(24,25)18-8-6-16(7-9-18)19-12-21-13-20(22-19)23-11-10-15-4-2-3-5-17(15)14-23/h2-9,12-13H,10-11,14H2,1H3. The number of aromatic nitrogens is 2. The largest absolute Gasteiger partial charge is 0.351 e. The molecule has 0 radical (unpaired) electrons.